The zero-order valence-electron chi connectivity index (χ0n) is 16.4. The Morgan fingerprint density at radius 2 is 1.89 bits per heavy atom. The molecule has 5 nitrogen and oxygen atoms in total. The van der Waals surface area contributed by atoms with Crippen molar-refractivity contribution < 1.29 is 9.15 Å². The number of thiophene rings is 1. The monoisotopic (exact) mass is 385 g/mol. The maximum atomic E-state index is 5.89. The summed E-state index contributed by atoms with van der Waals surface area (Å²) in [4.78, 5) is 3.39. The molecule has 0 bridgehead atoms. The molecule has 2 heterocycles. The summed E-state index contributed by atoms with van der Waals surface area (Å²) in [5.41, 5.74) is 1.48. The summed E-state index contributed by atoms with van der Waals surface area (Å²) in [6, 6.07) is 12.2. The summed E-state index contributed by atoms with van der Waals surface area (Å²) in [7, 11) is 1.69. The van der Waals surface area contributed by atoms with Gasteiger partial charge in [-0.15, -0.1) is 21.5 Å². The summed E-state index contributed by atoms with van der Waals surface area (Å²) in [6.45, 7) is 9.29. The lowest BCUT2D eigenvalue weighted by molar-refractivity contribution is 0.172. The highest BCUT2D eigenvalue weighted by molar-refractivity contribution is 7.13. The molecule has 0 saturated carbocycles. The van der Waals surface area contributed by atoms with Crippen molar-refractivity contribution in [3.63, 3.8) is 0 Å². The molecule has 2 aromatic heterocycles. The van der Waals surface area contributed by atoms with Crippen LogP contribution < -0.4 is 4.74 Å². The molecule has 6 heteroatoms. The fourth-order valence-electron chi connectivity index (χ4n) is 2.97. The zero-order valence-corrected chi connectivity index (χ0v) is 17.3. The van der Waals surface area contributed by atoms with E-state index in [1.54, 1.807) is 18.4 Å². The van der Waals surface area contributed by atoms with Gasteiger partial charge in [0.2, 0.25) is 5.89 Å². The van der Waals surface area contributed by atoms with Crippen LogP contribution in [0.3, 0.4) is 0 Å². The van der Waals surface area contributed by atoms with Crippen molar-refractivity contribution in [2.24, 2.45) is 5.41 Å². The molecule has 0 aliphatic heterocycles. The van der Waals surface area contributed by atoms with Gasteiger partial charge in [-0.05, 0) is 41.0 Å². The molecule has 1 aromatic carbocycles. The molecule has 3 aromatic rings. The Kier molecular flexibility index (Phi) is 6.29. The lowest BCUT2D eigenvalue weighted by atomic mass is 9.96. The molecule has 0 aliphatic carbocycles. The summed E-state index contributed by atoms with van der Waals surface area (Å²) in [6.07, 6.45) is 0.964. The van der Waals surface area contributed by atoms with Gasteiger partial charge in [0.25, 0.3) is 5.89 Å². The average Bonchev–Trinajstić information content (AvgIpc) is 3.30. The van der Waals surface area contributed by atoms with Crippen LogP contribution in [0.2, 0.25) is 0 Å². The third kappa shape index (κ3) is 5.91. The Morgan fingerprint density at radius 1 is 1.11 bits per heavy atom. The third-order valence-electron chi connectivity index (χ3n) is 4.13. The number of aromatic nitrogens is 2. The molecule has 0 amide bonds. The zero-order chi connectivity index (χ0) is 19.3. The molecule has 144 valence electrons. The lowest BCUT2D eigenvalue weighted by Crippen LogP contribution is -2.34. The standard InChI is InChI=1S/C21H27N3O2S/c1-21(2,3)15-24(12-11-16-7-9-17(25-4)10-8-16)14-19-22-23-20(26-19)18-6-5-13-27-18/h5-10,13H,11-12,14-15H2,1-4H3. The molecule has 0 atom stereocenters. The van der Waals surface area contributed by atoms with Crippen molar-refractivity contribution >= 4 is 11.3 Å². The van der Waals surface area contributed by atoms with E-state index >= 15 is 0 Å². The summed E-state index contributed by atoms with van der Waals surface area (Å²) >= 11 is 1.61. The van der Waals surface area contributed by atoms with Gasteiger partial charge in [0.1, 0.15) is 5.75 Å². The van der Waals surface area contributed by atoms with Crippen molar-refractivity contribution in [1.29, 1.82) is 0 Å². The van der Waals surface area contributed by atoms with Crippen molar-refractivity contribution in [2.75, 3.05) is 20.2 Å². The second kappa shape index (κ2) is 8.67. The molecule has 0 aliphatic rings. The van der Waals surface area contributed by atoms with E-state index in [1.807, 2.05) is 29.6 Å². The number of hydrogen-bond acceptors (Lipinski definition) is 6. The van der Waals surface area contributed by atoms with E-state index in [0.717, 1.165) is 30.1 Å². The maximum absolute atomic E-state index is 5.89. The van der Waals surface area contributed by atoms with E-state index in [0.29, 0.717) is 18.3 Å². The molecule has 0 fully saturated rings. The van der Waals surface area contributed by atoms with E-state index in [4.69, 9.17) is 9.15 Å². The first-order chi connectivity index (χ1) is 12.9. The van der Waals surface area contributed by atoms with E-state index in [2.05, 4.69) is 48.0 Å². The topological polar surface area (TPSA) is 51.4 Å². The van der Waals surface area contributed by atoms with E-state index in [9.17, 15) is 0 Å². The lowest BCUT2D eigenvalue weighted by Gasteiger charge is -2.29. The predicted octanol–water partition coefficient (Wildman–Crippen LogP) is 4.90. The van der Waals surface area contributed by atoms with Gasteiger partial charge in [0.05, 0.1) is 18.5 Å². The highest BCUT2D eigenvalue weighted by atomic mass is 32.1. The summed E-state index contributed by atoms with van der Waals surface area (Å²) in [5, 5.41) is 10.5. The predicted molar refractivity (Wildman–Crippen MR) is 109 cm³/mol. The molecule has 0 unspecified atom stereocenters. The van der Waals surface area contributed by atoms with Crippen LogP contribution in [0.15, 0.2) is 46.2 Å². The molecule has 27 heavy (non-hydrogen) atoms. The van der Waals surface area contributed by atoms with E-state index in [1.165, 1.54) is 5.56 Å². The smallest absolute Gasteiger partial charge is 0.257 e. The van der Waals surface area contributed by atoms with Crippen LogP contribution in [0.25, 0.3) is 10.8 Å². The first kappa shape index (κ1) is 19.6. The van der Waals surface area contributed by atoms with Crippen LogP contribution in [0.5, 0.6) is 5.75 Å². The number of hydrogen-bond donors (Lipinski definition) is 0. The molecule has 3 rings (SSSR count). The quantitative estimate of drug-likeness (QED) is 0.552. The summed E-state index contributed by atoms with van der Waals surface area (Å²) in [5.74, 6) is 2.15. The van der Waals surface area contributed by atoms with Gasteiger partial charge in [-0.25, -0.2) is 0 Å². The van der Waals surface area contributed by atoms with Gasteiger partial charge >= 0.3 is 0 Å². The molecule has 0 saturated heterocycles. The minimum atomic E-state index is 0.191. The Balaban J connectivity index is 1.65. The number of nitrogens with zero attached hydrogens (tertiary/aromatic N) is 3. The Labute approximate surface area is 165 Å². The van der Waals surface area contributed by atoms with Gasteiger partial charge in [-0.2, -0.15) is 0 Å². The minimum Gasteiger partial charge on any atom is -0.497 e. The van der Waals surface area contributed by atoms with E-state index in [-0.39, 0.29) is 5.41 Å². The van der Waals surface area contributed by atoms with Crippen LogP contribution in [0.1, 0.15) is 32.2 Å². The SMILES string of the molecule is COc1ccc(CCN(Cc2nnc(-c3cccs3)o2)CC(C)(C)C)cc1. The van der Waals surface area contributed by atoms with Crippen LogP contribution in [-0.4, -0.2) is 35.3 Å². The fraction of sp³-hybridized carbons (Fsp3) is 0.429. The number of ether oxygens (including phenoxy) is 1. The second-order valence-corrected chi connectivity index (χ2v) is 8.80. The van der Waals surface area contributed by atoms with Crippen LogP contribution in [0, 0.1) is 5.41 Å². The molecular formula is C21H27N3O2S. The van der Waals surface area contributed by atoms with Crippen molar-refractivity contribution in [2.45, 2.75) is 33.7 Å². The second-order valence-electron chi connectivity index (χ2n) is 7.85. The van der Waals surface area contributed by atoms with Gasteiger partial charge < -0.3 is 9.15 Å². The largest absolute Gasteiger partial charge is 0.497 e. The normalized spacial score (nSPS) is 11.9. The molecule has 0 radical (unpaired) electrons. The first-order valence-electron chi connectivity index (χ1n) is 9.14. The average molecular weight is 386 g/mol. The van der Waals surface area contributed by atoms with Gasteiger partial charge in [0.15, 0.2) is 0 Å². The van der Waals surface area contributed by atoms with Gasteiger partial charge in [-0.1, -0.05) is 39.0 Å². The van der Waals surface area contributed by atoms with Crippen LogP contribution in [0.4, 0.5) is 0 Å². The van der Waals surface area contributed by atoms with Crippen molar-refractivity contribution in [3.05, 3.63) is 53.2 Å². The Morgan fingerprint density at radius 3 is 2.52 bits per heavy atom. The van der Waals surface area contributed by atoms with Crippen molar-refractivity contribution in [1.82, 2.24) is 15.1 Å². The number of benzene rings is 1. The number of rotatable bonds is 8. The van der Waals surface area contributed by atoms with Crippen LogP contribution >= 0.6 is 11.3 Å². The van der Waals surface area contributed by atoms with Crippen molar-refractivity contribution in [3.8, 4) is 16.5 Å². The first-order valence-corrected chi connectivity index (χ1v) is 10.0. The Hall–Kier alpha value is -2.18. The van der Waals surface area contributed by atoms with E-state index < -0.39 is 0 Å². The molecular weight excluding hydrogens is 358 g/mol. The van der Waals surface area contributed by atoms with Crippen LogP contribution in [-0.2, 0) is 13.0 Å². The fourth-order valence-corrected chi connectivity index (χ4v) is 3.62. The minimum absolute atomic E-state index is 0.191. The molecule has 0 N–H and O–H groups in total. The van der Waals surface area contributed by atoms with Gasteiger partial charge in [0, 0.05) is 13.1 Å². The third-order valence-corrected chi connectivity index (χ3v) is 4.99. The Bertz CT molecular complexity index is 820. The molecule has 0 spiro atoms. The maximum Gasteiger partial charge on any atom is 0.257 e. The highest BCUT2D eigenvalue weighted by Gasteiger charge is 2.19. The van der Waals surface area contributed by atoms with Gasteiger partial charge in [-0.3, -0.25) is 4.90 Å². The highest BCUT2D eigenvalue weighted by Crippen LogP contribution is 2.24. The summed E-state index contributed by atoms with van der Waals surface area (Å²) < 4.78 is 11.1. The number of methoxy groups -OCH3 is 1.